The molecule has 0 amide bonds. The van der Waals surface area contributed by atoms with Gasteiger partial charge < -0.3 is 4.74 Å². The number of rotatable bonds is 8. The Balaban J connectivity index is 1.26. The Bertz CT molecular complexity index is 1500. The van der Waals surface area contributed by atoms with Crippen LogP contribution in [0.25, 0.3) is 22.3 Å². The van der Waals surface area contributed by atoms with E-state index in [1.54, 1.807) is 24.3 Å². The summed E-state index contributed by atoms with van der Waals surface area (Å²) in [7, 11) is 0. The van der Waals surface area contributed by atoms with Gasteiger partial charge in [0, 0.05) is 0 Å². The van der Waals surface area contributed by atoms with Gasteiger partial charge in [-0.05, 0) is 102 Å². The Labute approximate surface area is 240 Å². The Morgan fingerprint density at radius 2 is 1.17 bits per heavy atom. The first-order chi connectivity index (χ1) is 20.1. The van der Waals surface area contributed by atoms with Gasteiger partial charge in [0.1, 0.15) is 18.2 Å². The van der Waals surface area contributed by atoms with Gasteiger partial charge in [0.2, 0.25) is 0 Å². The zero-order valence-corrected chi connectivity index (χ0v) is 22.9. The lowest BCUT2D eigenvalue weighted by Crippen LogP contribution is -2.14. The van der Waals surface area contributed by atoms with Crippen LogP contribution in [0.15, 0.2) is 60.7 Å². The highest BCUT2D eigenvalue weighted by atomic mass is 19.2. The Morgan fingerprint density at radius 3 is 1.71 bits per heavy atom. The van der Waals surface area contributed by atoms with Crippen LogP contribution in [0.5, 0.6) is 5.75 Å². The summed E-state index contributed by atoms with van der Waals surface area (Å²) in [5.74, 6) is -8.21. The first kappa shape index (κ1) is 29.7. The topological polar surface area (TPSA) is 9.23 Å². The molecule has 0 atom stereocenters. The minimum Gasteiger partial charge on any atom is -0.483 e. The molecule has 0 spiro atoms. The summed E-state index contributed by atoms with van der Waals surface area (Å²) in [6, 6.07) is 12.0. The van der Waals surface area contributed by atoms with Crippen LogP contribution in [-0.4, -0.2) is 0 Å². The molecular weight excluding hydrogens is 557 g/mol. The normalized spacial score (nSPS) is 17.0. The molecule has 4 aromatic rings. The lowest BCUT2D eigenvalue weighted by Gasteiger charge is -2.28. The predicted octanol–water partition coefficient (Wildman–Crippen LogP) is 10.6. The Kier molecular flexibility index (Phi) is 8.90. The van der Waals surface area contributed by atoms with E-state index < -0.39 is 57.6 Å². The zero-order chi connectivity index (χ0) is 30.0. The zero-order valence-electron chi connectivity index (χ0n) is 22.9. The van der Waals surface area contributed by atoms with Crippen LogP contribution < -0.4 is 4.74 Å². The summed E-state index contributed by atoms with van der Waals surface area (Å²) in [6.07, 6.45) is 6.28. The van der Waals surface area contributed by atoms with Crippen molar-refractivity contribution in [2.45, 2.75) is 58.0 Å². The maximum atomic E-state index is 14.9. The summed E-state index contributed by atoms with van der Waals surface area (Å²) in [6.45, 7) is 2.03. The van der Waals surface area contributed by atoms with Gasteiger partial charge in [-0.2, -0.15) is 0 Å². The molecule has 0 aromatic heterocycles. The molecule has 1 aliphatic rings. The number of halogens is 7. The second-order valence-corrected chi connectivity index (χ2v) is 10.9. The molecule has 0 bridgehead atoms. The average Bonchev–Trinajstić information content (AvgIpc) is 2.96. The monoisotopic (exact) mass is 586 g/mol. The maximum Gasteiger partial charge on any atom is 0.194 e. The highest BCUT2D eigenvalue weighted by Gasteiger charge is 2.24. The van der Waals surface area contributed by atoms with Crippen LogP contribution in [0.4, 0.5) is 30.7 Å². The number of benzene rings is 4. The molecule has 0 aliphatic heterocycles. The van der Waals surface area contributed by atoms with E-state index in [1.165, 1.54) is 18.6 Å². The van der Waals surface area contributed by atoms with Gasteiger partial charge in [0.05, 0.1) is 5.56 Å². The van der Waals surface area contributed by atoms with Gasteiger partial charge in [0.15, 0.2) is 34.8 Å². The van der Waals surface area contributed by atoms with E-state index in [9.17, 15) is 30.7 Å². The average molecular weight is 587 g/mol. The van der Waals surface area contributed by atoms with Gasteiger partial charge in [-0.25, -0.2) is 30.7 Å². The molecule has 4 aromatic carbocycles. The molecule has 1 fully saturated rings. The largest absolute Gasteiger partial charge is 0.483 e. The number of hydrogen-bond donors (Lipinski definition) is 0. The van der Waals surface area contributed by atoms with E-state index in [0.29, 0.717) is 34.7 Å². The summed E-state index contributed by atoms with van der Waals surface area (Å²) in [4.78, 5) is 0. The molecule has 0 radical (unpaired) electrons. The van der Waals surface area contributed by atoms with Crippen molar-refractivity contribution in [3.05, 3.63) is 113 Å². The van der Waals surface area contributed by atoms with Gasteiger partial charge in [0.25, 0.3) is 0 Å². The number of ether oxygens (including phenoxy) is 1. The SMILES string of the molecule is CCC[C@H]1CC[C@H](c2cc(F)c(OCc3ccc(-c4cc(F)c(-c5cc(F)c(F)c(F)c5)c(F)c4)cc3)c(F)c2)CC1. The van der Waals surface area contributed by atoms with E-state index in [2.05, 4.69) is 6.92 Å². The van der Waals surface area contributed by atoms with Crippen molar-refractivity contribution < 1.29 is 35.5 Å². The van der Waals surface area contributed by atoms with Gasteiger partial charge in [-0.15, -0.1) is 0 Å². The minimum atomic E-state index is -1.73. The maximum absolute atomic E-state index is 14.9. The molecule has 5 rings (SSSR count). The Hall–Kier alpha value is -3.81. The van der Waals surface area contributed by atoms with Crippen molar-refractivity contribution in [1.82, 2.24) is 0 Å². The molecule has 0 heterocycles. The van der Waals surface area contributed by atoms with Crippen molar-refractivity contribution in [1.29, 1.82) is 0 Å². The molecule has 0 unspecified atom stereocenters. The fourth-order valence-electron chi connectivity index (χ4n) is 5.81. The smallest absolute Gasteiger partial charge is 0.194 e. The molecule has 8 heteroatoms. The van der Waals surface area contributed by atoms with E-state index in [-0.39, 0.29) is 18.1 Å². The van der Waals surface area contributed by atoms with Crippen LogP contribution in [0, 0.1) is 46.6 Å². The fraction of sp³-hybridized carbons (Fsp3) is 0.294. The second kappa shape index (κ2) is 12.6. The Morgan fingerprint density at radius 1 is 0.619 bits per heavy atom. The first-order valence-electron chi connectivity index (χ1n) is 14.0. The van der Waals surface area contributed by atoms with Crippen LogP contribution in [0.2, 0.25) is 0 Å². The highest BCUT2D eigenvalue weighted by Crippen LogP contribution is 2.39. The lowest BCUT2D eigenvalue weighted by atomic mass is 9.77. The minimum absolute atomic E-state index is 0.130. The van der Waals surface area contributed by atoms with E-state index in [4.69, 9.17) is 4.74 Å². The standard InChI is InChI=1S/C34H29F7O/c1-2-3-19-4-8-21(9-5-19)24-14-30(39)34(31(40)15-24)42-18-20-6-10-22(11-7-20)23-12-26(35)32(27(36)13-23)25-16-28(37)33(41)29(38)17-25/h6-7,10-17,19,21H,2-5,8-9,18H2,1H3/t19-,21-. The highest BCUT2D eigenvalue weighted by molar-refractivity contribution is 5.72. The quantitative estimate of drug-likeness (QED) is 0.147. The van der Waals surface area contributed by atoms with Crippen LogP contribution in [-0.2, 0) is 6.61 Å². The third-order valence-electron chi connectivity index (χ3n) is 8.02. The second-order valence-electron chi connectivity index (χ2n) is 10.9. The van der Waals surface area contributed by atoms with Crippen LogP contribution >= 0.6 is 0 Å². The predicted molar refractivity (Wildman–Crippen MR) is 147 cm³/mol. The summed E-state index contributed by atoms with van der Waals surface area (Å²) >= 11 is 0. The third kappa shape index (κ3) is 6.32. The molecule has 0 saturated heterocycles. The lowest BCUT2D eigenvalue weighted by molar-refractivity contribution is 0.272. The van der Waals surface area contributed by atoms with Gasteiger partial charge in [-0.1, -0.05) is 44.0 Å². The molecule has 220 valence electrons. The molecule has 0 N–H and O–H groups in total. The van der Waals surface area contributed by atoms with Crippen LogP contribution in [0.3, 0.4) is 0 Å². The van der Waals surface area contributed by atoms with Crippen molar-refractivity contribution >= 4 is 0 Å². The fourth-order valence-corrected chi connectivity index (χ4v) is 5.81. The summed E-state index contributed by atoms with van der Waals surface area (Å²) < 4.78 is 105. The van der Waals surface area contributed by atoms with Crippen LogP contribution in [0.1, 0.15) is 62.5 Å². The van der Waals surface area contributed by atoms with Crippen molar-refractivity contribution in [2.24, 2.45) is 5.92 Å². The van der Waals surface area contributed by atoms with E-state index in [0.717, 1.165) is 44.2 Å². The number of hydrogen-bond acceptors (Lipinski definition) is 1. The van der Waals surface area contributed by atoms with Crippen molar-refractivity contribution in [3.8, 4) is 28.0 Å². The summed E-state index contributed by atoms with van der Waals surface area (Å²) in [5, 5.41) is 0. The van der Waals surface area contributed by atoms with Gasteiger partial charge in [-0.3, -0.25) is 0 Å². The third-order valence-corrected chi connectivity index (χ3v) is 8.02. The molecule has 1 nitrogen and oxygen atoms in total. The molecule has 42 heavy (non-hydrogen) atoms. The van der Waals surface area contributed by atoms with E-state index >= 15 is 0 Å². The van der Waals surface area contributed by atoms with Crippen molar-refractivity contribution in [2.75, 3.05) is 0 Å². The molecular formula is C34H29F7O. The first-order valence-corrected chi connectivity index (χ1v) is 14.0. The van der Waals surface area contributed by atoms with Gasteiger partial charge >= 0.3 is 0 Å². The molecule has 1 saturated carbocycles. The van der Waals surface area contributed by atoms with Crippen molar-refractivity contribution in [3.63, 3.8) is 0 Å². The van der Waals surface area contributed by atoms with E-state index in [1.807, 2.05) is 0 Å². The summed E-state index contributed by atoms with van der Waals surface area (Å²) in [5.41, 5.74) is 0.589. The molecule has 1 aliphatic carbocycles.